The van der Waals surface area contributed by atoms with Crippen LogP contribution in [0.2, 0.25) is 0 Å². The largest absolute Gasteiger partial charge is 0.412 e. The molecule has 1 aliphatic rings. The fourth-order valence-corrected chi connectivity index (χ4v) is 4.31. The van der Waals surface area contributed by atoms with Crippen LogP contribution in [0.3, 0.4) is 0 Å². The molecule has 4 rings (SSSR count). The van der Waals surface area contributed by atoms with Gasteiger partial charge in [-0.3, -0.25) is 4.98 Å². The number of aliphatic hydroxyl groups is 1. The lowest BCUT2D eigenvalue weighted by molar-refractivity contribution is -0.00949. The van der Waals surface area contributed by atoms with Crippen molar-refractivity contribution in [2.45, 2.75) is 44.4 Å². The molecule has 1 unspecified atom stereocenters. The molecule has 0 radical (unpaired) electrons. The topological polar surface area (TPSA) is 115 Å². The molecule has 4 heterocycles. The van der Waals surface area contributed by atoms with Crippen molar-refractivity contribution < 1.29 is 15.3 Å². The molecule has 1 saturated heterocycles. The SMILES string of the molecule is CC(O)c1nc2cnc3ccsc3c2n1[C@H]1CC[C@H](CC#N)OC1.O. The maximum Gasteiger partial charge on any atom is 0.139 e. The zero-order chi connectivity index (χ0) is 16.7. The van der Waals surface area contributed by atoms with E-state index < -0.39 is 6.10 Å². The summed E-state index contributed by atoms with van der Waals surface area (Å²) in [6.07, 6.45) is 3.31. The summed E-state index contributed by atoms with van der Waals surface area (Å²) in [4.78, 5) is 9.07. The Kier molecular flexibility index (Phi) is 5.01. The molecule has 8 heteroatoms. The van der Waals surface area contributed by atoms with Gasteiger partial charge < -0.3 is 19.9 Å². The number of hydrogen-bond donors (Lipinski definition) is 1. The van der Waals surface area contributed by atoms with E-state index in [1.165, 1.54) is 0 Å². The number of thiophene rings is 1. The van der Waals surface area contributed by atoms with Gasteiger partial charge in [-0.1, -0.05) is 0 Å². The molecule has 0 aromatic carbocycles. The predicted molar refractivity (Wildman–Crippen MR) is 95.4 cm³/mol. The van der Waals surface area contributed by atoms with Gasteiger partial charge in [0.05, 0.1) is 53.2 Å². The zero-order valence-corrected chi connectivity index (χ0v) is 14.7. The molecule has 0 bridgehead atoms. The van der Waals surface area contributed by atoms with Crippen LogP contribution >= 0.6 is 11.3 Å². The number of pyridine rings is 1. The van der Waals surface area contributed by atoms with E-state index in [-0.39, 0.29) is 17.6 Å². The molecule has 0 saturated carbocycles. The van der Waals surface area contributed by atoms with E-state index in [1.54, 1.807) is 24.5 Å². The summed E-state index contributed by atoms with van der Waals surface area (Å²) in [5, 5.41) is 21.1. The molecular weight excluding hydrogens is 340 g/mol. The Morgan fingerprint density at radius 1 is 1.48 bits per heavy atom. The molecule has 132 valence electrons. The van der Waals surface area contributed by atoms with E-state index in [9.17, 15) is 5.11 Å². The van der Waals surface area contributed by atoms with E-state index in [4.69, 9.17) is 10.00 Å². The van der Waals surface area contributed by atoms with Crippen LogP contribution in [-0.2, 0) is 4.74 Å². The number of nitrogens with zero attached hydrogens (tertiary/aromatic N) is 4. The van der Waals surface area contributed by atoms with Crippen LogP contribution in [0.4, 0.5) is 0 Å². The molecule has 1 aliphatic heterocycles. The van der Waals surface area contributed by atoms with Gasteiger partial charge in [0.25, 0.3) is 0 Å². The van der Waals surface area contributed by atoms with Crippen LogP contribution in [0, 0.1) is 11.3 Å². The van der Waals surface area contributed by atoms with Crippen LogP contribution in [0.1, 0.15) is 44.2 Å². The Balaban J connectivity index is 0.00000182. The highest BCUT2D eigenvalue weighted by Crippen LogP contribution is 2.36. The minimum absolute atomic E-state index is 0. The highest BCUT2D eigenvalue weighted by atomic mass is 32.1. The molecular formula is C17H20N4O3S. The van der Waals surface area contributed by atoms with Gasteiger partial charge >= 0.3 is 0 Å². The Labute approximate surface area is 148 Å². The van der Waals surface area contributed by atoms with Crippen molar-refractivity contribution in [2.24, 2.45) is 0 Å². The summed E-state index contributed by atoms with van der Waals surface area (Å²) in [6.45, 7) is 2.27. The third-order valence-corrected chi connectivity index (χ3v) is 5.47. The van der Waals surface area contributed by atoms with Gasteiger partial charge in [0.1, 0.15) is 17.4 Å². The number of aliphatic hydroxyl groups excluding tert-OH is 1. The van der Waals surface area contributed by atoms with E-state index in [0.717, 1.165) is 34.1 Å². The van der Waals surface area contributed by atoms with Crippen molar-refractivity contribution in [1.82, 2.24) is 14.5 Å². The summed E-state index contributed by atoms with van der Waals surface area (Å²) in [6, 6.07) is 4.29. The number of nitriles is 1. The van der Waals surface area contributed by atoms with Crippen molar-refractivity contribution in [3.05, 3.63) is 23.5 Å². The fraction of sp³-hybridized carbons (Fsp3) is 0.471. The van der Waals surface area contributed by atoms with E-state index >= 15 is 0 Å². The number of hydrogen-bond acceptors (Lipinski definition) is 6. The molecule has 25 heavy (non-hydrogen) atoms. The second kappa shape index (κ2) is 7.06. The second-order valence-electron chi connectivity index (χ2n) is 6.19. The molecule has 0 spiro atoms. The monoisotopic (exact) mass is 360 g/mol. The van der Waals surface area contributed by atoms with Gasteiger partial charge in [-0.2, -0.15) is 5.26 Å². The number of imidazole rings is 1. The zero-order valence-electron chi connectivity index (χ0n) is 13.8. The first kappa shape index (κ1) is 17.8. The van der Waals surface area contributed by atoms with Crippen LogP contribution < -0.4 is 0 Å². The van der Waals surface area contributed by atoms with Crippen molar-refractivity contribution in [2.75, 3.05) is 6.61 Å². The normalized spacial score (nSPS) is 21.8. The Morgan fingerprint density at radius 3 is 3.00 bits per heavy atom. The predicted octanol–water partition coefficient (Wildman–Crippen LogP) is 2.51. The van der Waals surface area contributed by atoms with Gasteiger partial charge in [-0.05, 0) is 31.2 Å². The van der Waals surface area contributed by atoms with Crippen molar-refractivity contribution in [3.8, 4) is 6.07 Å². The molecule has 7 nitrogen and oxygen atoms in total. The Bertz CT molecular complexity index is 919. The quantitative estimate of drug-likeness (QED) is 0.770. The van der Waals surface area contributed by atoms with Crippen molar-refractivity contribution in [3.63, 3.8) is 0 Å². The van der Waals surface area contributed by atoms with E-state index in [1.807, 2.05) is 11.4 Å². The highest BCUT2D eigenvalue weighted by molar-refractivity contribution is 7.18. The average molecular weight is 360 g/mol. The summed E-state index contributed by atoms with van der Waals surface area (Å²) in [5.74, 6) is 0.653. The third kappa shape index (κ3) is 3.00. The number of fused-ring (bicyclic) bond motifs is 3. The minimum Gasteiger partial charge on any atom is -0.412 e. The Hall–Kier alpha value is -2.05. The Morgan fingerprint density at radius 2 is 2.32 bits per heavy atom. The fourth-order valence-electron chi connectivity index (χ4n) is 3.42. The van der Waals surface area contributed by atoms with Gasteiger partial charge in [-0.15, -0.1) is 11.3 Å². The molecule has 0 aliphatic carbocycles. The number of rotatable bonds is 3. The molecule has 1 fully saturated rings. The van der Waals surface area contributed by atoms with E-state index in [0.29, 0.717) is 18.9 Å². The highest BCUT2D eigenvalue weighted by Gasteiger charge is 2.28. The van der Waals surface area contributed by atoms with Crippen LogP contribution in [0.25, 0.3) is 21.3 Å². The second-order valence-corrected chi connectivity index (χ2v) is 7.11. The van der Waals surface area contributed by atoms with E-state index in [2.05, 4.69) is 20.6 Å². The summed E-state index contributed by atoms with van der Waals surface area (Å²) in [7, 11) is 0. The summed E-state index contributed by atoms with van der Waals surface area (Å²) < 4.78 is 9.08. The number of aromatic nitrogens is 3. The third-order valence-electron chi connectivity index (χ3n) is 4.55. The van der Waals surface area contributed by atoms with Crippen LogP contribution in [-0.4, -0.2) is 37.8 Å². The molecule has 3 N–H and O–H groups in total. The van der Waals surface area contributed by atoms with Gasteiger partial charge in [0, 0.05) is 0 Å². The number of ether oxygens (including phenoxy) is 1. The molecule has 3 aromatic rings. The first-order chi connectivity index (χ1) is 11.7. The lowest BCUT2D eigenvalue weighted by Gasteiger charge is -2.30. The van der Waals surface area contributed by atoms with Crippen LogP contribution in [0.5, 0.6) is 0 Å². The van der Waals surface area contributed by atoms with Gasteiger partial charge in [0.2, 0.25) is 0 Å². The lowest BCUT2D eigenvalue weighted by Crippen LogP contribution is -2.29. The molecule has 3 aromatic heterocycles. The van der Waals surface area contributed by atoms with Crippen LogP contribution in [0.15, 0.2) is 17.6 Å². The van der Waals surface area contributed by atoms with Gasteiger partial charge in [0.15, 0.2) is 0 Å². The minimum atomic E-state index is -0.663. The van der Waals surface area contributed by atoms with Gasteiger partial charge in [-0.25, -0.2) is 4.98 Å². The summed E-state index contributed by atoms with van der Waals surface area (Å²) >= 11 is 1.64. The maximum absolute atomic E-state index is 10.2. The standard InChI is InChI=1S/C17H18N4O2S.H2O/c1-10(22)17-20-14-8-19-13-5-7-24-16(13)15(14)21(17)11-2-3-12(4-6-18)23-9-11;/h5,7-8,10-12,22H,2-4,9H2,1H3;1H2/t10?,11-,12+;/m0./s1. The smallest absolute Gasteiger partial charge is 0.139 e. The molecule has 3 atom stereocenters. The first-order valence-electron chi connectivity index (χ1n) is 8.09. The molecule has 0 amide bonds. The first-order valence-corrected chi connectivity index (χ1v) is 8.97. The van der Waals surface area contributed by atoms with Crippen molar-refractivity contribution >= 4 is 32.6 Å². The average Bonchev–Trinajstić information content (AvgIpc) is 3.19. The lowest BCUT2D eigenvalue weighted by atomic mass is 10.0. The van der Waals surface area contributed by atoms with Crippen molar-refractivity contribution in [1.29, 1.82) is 5.26 Å². The maximum atomic E-state index is 10.2. The summed E-state index contributed by atoms with van der Waals surface area (Å²) in [5.41, 5.74) is 2.78.